The van der Waals surface area contributed by atoms with Gasteiger partial charge in [-0.2, -0.15) is 0 Å². The number of methoxy groups -OCH3 is 1. The van der Waals surface area contributed by atoms with Gasteiger partial charge in [-0.1, -0.05) is 12.1 Å². The summed E-state index contributed by atoms with van der Waals surface area (Å²) in [7, 11) is 1.64. The molecule has 1 heterocycles. The second kappa shape index (κ2) is 4.81. The number of nitrogens with one attached hydrogen (secondary N) is 1. The number of carbonyl (C=O) groups is 1. The van der Waals surface area contributed by atoms with Crippen molar-refractivity contribution < 1.29 is 9.53 Å². The first-order valence-corrected chi connectivity index (χ1v) is 5.76. The van der Waals surface area contributed by atoms with Gasteiger partial charge in [0.2, 0.25) is 0 Å². The van der Waals surface area contributed by atoms with Gasteiger partial charge in [0.1, 0.15) is 6.04 Å². The van der Waals surface area contributed by atoms with Crippen molar-refractivity contribution in [2.24, 2.45) is 0 Å². The Morgan fingerprint density at radius 1 is 1.53 bits per heavy atom. The monoisotopic (exact) mass is 250 g/mol. The molecule has 5 heteroatoms. The first kappa shape index (κ1) is 12.0. The highest BCUT2D eigenvalue weighted by atomic mass is 32.1. The van der Waals surface area contributed by atoms with Crippen molar-refractivity contribution in [3.8, 4) is 0 Å². The lowest BCUT2D eigenvalue weighted by Crippen LogP contribution is -2.30. The third-order valence-corrected chi connectivity index (χ3v) is 2.91. The van der Waals surface area contributed by atoms with Crippen LogP contribution < -0.4 is 10.2 Å². The van der Waals surface area contributed by atoms with Crippen LogP contribution in [-0.2, 0) is 16.1 Å². The van der Waals surface area contributed by atoms with E-state index in [1.165, 1.54) is 4.90 Å². The number of ether oxygens (including phenoxy) is 1. The van der Waals surface area contributed by atoms with E-state index in [9.17, 15) is 4.79 Å². The minimum Gasteiger partial charge on any atom is -0.380 e. The highest BCUT2D eigenvalue weighted by Gasteiger charge is 2.33. The second-order valence-corrected chi connectivity index (χ2v) is 4.33. The zero-order chi connectivity index (χ0) is 12.4. The van der Waals surface area contributed by atoms with E-state index in [1.807, 2.05) is 24.3 Å². The minimum absolute atomic E-state index is 0.0235. The van der Waals surface area contributed by atoms with E-state index in [0.717, 1.165) is 11.3 Å². The predicted molar refractivity (Wildman–Crippen MR) is 69.8 cm³/mol. The molecule has 0 aromatic heterocycles. The number of thiocarbonyl (C=S) groups is 1. The molecule has 1 aliphatic heterocycles. The van der Waals surface area contributed by atoms with Gasteiger partial charge in [0, 0.05) is 7.11 Å². The van der Waals surface area contributed by atoms with Crippen molar-refractivity contribution >= 4 is 28.9 Å². The Hall–Kier alpha value is -1.46. The molecular weight excluding hydrogens is 236 g/mol. The molecule has 1 N–H and O–H groups in total. The van der Waals surface area contributed by atoms with E-state index in [2.05, 4.69) is 5.32 Å². The number of anilines is 1. The van der Waals surface area contributed by atoms with E-state index < -0.39 is 0 Å². The highest BCUT2D eigenvalue weighted by Crippen LogP contribution is 2.21. The third kappa shape index (κ3) is 2.30. The van der Waals surface area contributed by atoms with Crippen LogP contribution in [0.25, 0.3) is 0 Å². The van der Waals surface area contributed by atoms with Gasteiger partial charge in [-0.15, -0.1) is 0 Å². The Morgan fingerprint density at radius 3 is 2.88 bits per heavy atom. The summed E-state index contributed by atoms with van der Waals surface area (Å²) in [4.78, 5) is 13.5. The molecule has 17 heavy (non-hydrogen) atoms. The Bertz CT molecular complexity index is 462. The molecule has 1 fully saturated rings. The van der Waals surface area contributed by atoms with E-state index in [4.69, 9.17) is 17.0 Å². The average molecular weight is 250 g/mol. The van der Waals surface area contributed by atoms with E-state index in [-0.39, 0.29) is 11.9 Å². The zero-order valence-electron chi connectivity index (χ0n) is 9.77. The van der Waals surface area contributed by atoms with Crippen LogP contribution in [0.5, 0.6) is 0 Å². The standard InChI is InChI=1S/C12H14N2O2S/c1-8-11(15)14(12(17)13-8)10-5-3-4-9(6-10)7-16-2/h3-6,8H,7H2,1-2H3,(H,13,17)/t8-/m1/s1. The molecule has 0 saturated carbocycles. The fraction of sp³-hybridized carbons (Fsp3) is 0.333. The second-order valence-electron chi connectivity index (χ2n) is 3.95. The Labute approximate surface area is 106 Å². The summed E-state index contributed by atoms with van der Waals surface area (Å²) >= 11 is 5.15. The molecule has 1 amide bonds. The van der Waals surface area contributed by atoms with Gasteiger partial charge in [-0.3, -0.25) is 9.69 Å². The van der Waals surface area contributed by atoms with E-state index in [1.54, 1.807) is 14.0 Å². The smallest absolute Gasteiger partial charge is 0.255 e. The Kier molecular flexibility index (Phi) is 3.40. The lowest BCUT2D eigenvalue weighted by atomic mass is 10.2. The van der Waals surface area contributed by atoms with Crippen LogP contribution in [0.3, 0.4) is 0 Å². The number of benzene rings is 1. The van der Waals surface area contributed by atoms with Crippen LogP contribution in [-0.4, -0.2) is 24.2 Å². The summed E-state index contributed by atoms with van der Waals surface area (Å²) < 4.78 is 5.07. The minimum atomic E-state index is -0.256. The van der Waals surface area contributed by atoms with Crippen LogP contribution in [0.2, 0.25) is 0 Å². The average Bonchev–Trinajstić information content (AvgIpc) is 2.54. The molecular formula is C12H14N2O2S. The third-order valence-electron chi connectivity index (χ3n) is 2.61. The van der Waals surface area contributed by atoms with Crippen molar-refractivity contribution in [1.29, 1.82) is 0 Å². The van der Waals surface area contributed by atoms with Gasteiger partial charge in [0.05, 0.1) is 12.3 Å². The van der Waals surface area contributed by atoms with Gasteiger partial charge < -0.3 is 10.1 Å². The Balaban J connectivity index is 2.30. The van der Waals surface area contributed by atoms with Gasteiger partial charge in [-0.25, -0.2) is 0 Å². The van der Waals surface area contributed by atoms with Crippen LogP contribution in [0.1, 0.15) is 12.5 Å². The number of amides is 1. The molecule has 2 rings (SSSR count). The van der Waals surface area contributed by atoms with Gasteiger partial charge in [0.15, 0.2) is 5.11 Å². The maximum absolute atomic E-state index is 11.9. The summed E-state index contributed by atoms with van der Waals surface area (Å²) in [5.41, 5.74) is 1.80. The molecule has 1 aromatic rings. The van der Waals surface area contributed by atoms with Gasteiger partial charge in [-0.05, 0) is 36.8 Å². The quantitative estimate of drug-likeness (QED) is 0.824. The van der Waals surface area contributed by atoms with Crippen molar-refractivity contribution in [3.05, 3.63) is 29.8 Å². The maximum atomic E-state index is 11.9. The van der Waals surface area contributed by atoms with Crippen molar-refractivity contribution in [2.75, 3.05) is 12.0 Å². The normalized spacial score (nSPS) is 19.6. The van der Waals surface area contributed by atoms with Gasteiger partial charge in [0.25, 0.3) is 5.91 Å². The summed E-state index contributed by atoms with van der Waals surface area (Å²) in [5.74, 6) is -0.0235. The maximum Gasteiger partial charge on any atom is 0.255 e. The lowest BCUT2D eigenvalue weighted by molar-refractivity contribution is -0.117. The van der Waals surface area contributed by atoms with Crippen LogP contribution in [0.15, 0.2) is 24.3 Å². The first-order valence-electron chi connectivity index (χ1n) is 5.36. The summed E-state index contributed by atoms with van der Waals surface area (Å²) in [6.07, 6.45) is 0. The SMILES string of the molecule is COCc1cccc(N2C(=O)[C@@H](C)NC2=S)c1. The van der Waals surface area contributed by atoms with Crippen LogP contribution in [0.4, 0.5) is 5.69 Å². The predicted octanol–water partition coefficient (Wildman–Crippen LogP) is 1.44. The molecule has 0 aliphatic carbocycles. The number of carbonyl (C=O) groups excluding carboxylic acids is 1. The number of hydrogen-bond acceptors (Lipinski definition) is 3. The number of hydrogen-bond donors (Lipinski definition) is 1. The molecule has 1 saturated heterocycles. The summed E-state index contributed by atoms with van der Waals surface area (Å²) in [5, 5.41) is 3.40. The van der Waals surface area contributed by atoms with Crippen molar-refractivity contribution in [2.45, 2.75) is 19.6 Å². The van der Waals surface area contributed by atoms with Crippen molar-refractivity contribution in [1.82, 2.24) is 5.32 Å². The van der Waals surface area contributed by atoms with Crippen molar-refractivity contribution in [3.63, 3.8) is 0 Å². The largest absolute Gasteiger partial charge is 0.380 e. The highest BCUT2D eigenvalue weighted by molar-refractivity contribution is 7.80. The lowest BCUT2D eigenvalue weighted by Gasteiger charge is -2.15. The Morgan fingerprint density at radius 2 is 2.29 bits per heavy atom. The molecule has 4 nitrogen and oxygen atoms in total. The van der Waals surface area contributed by atoms with E-state index in [0.29, 0.717) is 11.7 Å². The molecule has 0 bridgehead atoms. The topological polar surface area (TPSA) is 41.6 Å². The molecule has 1 aromatic carbocycles. The molecule has 1 atom stereocenters. The fourth-order valence-corrected chi connectivity index (χ4v) is 2.17. The van der Waals surface area contributed by atoms with E-state index >= 15 is 0 Å². The number of rotatable bonds is 3. The zero-order valence-corrected chi connectivity index (χ0v) is 10.6. The van der Waals surface area contributed by atoms with Crippen LogP contribution >= 0.6 is 12.2 Å². The molecule has 0 radical (unpaired) electrons. The van der Waals surface area contributed by atoms with Crippen LogP contribution in [0, 0.1) is 0 Å². The first-order chi connectivity index (χ1) is 8.13. The molecule has 90 valence electrons. The number of nitrogens with zero attached hydrogens (tertiary/aromatic N) is 1. The molecule has 0 unspecified atom stereocenters. The summed E-state index contributed by atoms with van der Waals surface area (Å²) in [6.45, 7) is 2.32. The molecule has 0 spiro atoms. The fourth-order valence-electron chi connectivity index (χ4n) is 1.80. The molecule has 1 aliphatic rings. The van der Waals surface area contributed by atoms with Gasteiger partial charge >= 0.3 is 0 Å². The summed E-state index contributed by atoms with van der Waals surface area (Å²) in [6, 6.07) is 7.36.